The van der Waals surface area contributed by atoms with Crippen LogP contribution < -0.4 is 10.6 Å². The number of hydrogen-bond acceptors (Lipinski definition) is 5. The number of hydrogen-bond donors (Lipinski definition) is 2. The lowest BCUT2D eigenvalue weighted by Crippen LogP contribution is -2.40. The molecule has 1 aromatic carbocycles. The second-order valence-corrected chi connectivity index (χ2v) is 9.19. The zero-order valence-corrected chi connectivity index (χ0v) is 19.7. The average Bonchev–Trinajstić information content (AvgIpc) is 3.40. The van der Waals surface area contributed by atoms with Crippen molar-refractivity contribution in [3.63, 3.8) is 0 Å². The first kappa shape index (κ1) is 24.1. The number of pyridine rings is 2. The van der Waals surface area contributed by atoms with E-state index in [-0.39, 0.29) is 23.5 Å². The van der Waals surface area contributed by atoms with E-state index in [2.05, 4.69) is 25.6 Å². The molecule has 0 saturated heterocycles. The predicted molar refractivity (Wildman–Crippen MR) is 130 cm³/mol. The Hall–Kier alpha value is -3.66. The highest BCUT2D eigenvalue weighted by Crippen LogP contribution is 2.35. The van der Waals surface area contributed by atoms with Crippen molar-refractivity contribution >= 4 is 34.1 Å². The van der Waals surface area contributed by atoms with Crippen LogP contribution in [0.25, 0.3) is 16.6 Å². The predicted octanol–water partition coefficient (Wildman–Crippen LogP) is 5.64. The van der Waals surface area contributed by atoms with Crippen LogP contribution in [0.1, 0.15) is 41.9 Å². The van der Waals surface area contributed by atoms with E-state index < -0.39 is 11.9 Å². The van der Waals surface area contributed by atoms with E-state index in [0.717, 1.165) is 11.8 Å². The van der Waals surface area contributed by atoms with Gasteiger partial charge in [-0.3, -0.25) is 9.78 Å². The van der Waals surface area contributed by atoms with E-state index in [4.69, 9.17) is 11.6 Å². The normalized spacial score (nSPS) is 18.2. The molecular formula is C25H22ClF3N6O. The number of anilines is 1. The molecule has 1 aliphatic carbocycles. The molecule has 5 rings (SSSR count). The molecule has 186 valence electrons. The van der Waals surface area contributed by atoms with Gasteiger partial charge >= 0.3 is 6.18 Å². The summed E-state index contributed by atoms with van der Waals surface area (Å²) in [6, 6.07) is 9.04. The summed E-state index contributed by atoms with van der Waals surface area (Å²) in [6.45, 7) is 0. The van der Waals surface area contributed by atoms with Crippen molar-refractivity contribution < 1.29 is 18.0 Å². The van der Waals surface area contributed by atoms with Crippen molar-refractivity contribution in [3.8, 4) is 5.69 Å². The number of halogens is 4. The van der Waals surface area contributed by atoms with Gasteiger partial charge in [-0.05, 0) is 62.1 Å². The van der Waals surface area contributed by atoms with Crippen LogP contribution in [0.4, 0.5) is 18.9 Å². The number of carbonyl (C=O) groups is 1. The second kappa shape index (κ2) is 9.77. The van der Waals surface area contributed by atoms with E-state index in [1.54, 1.807) is 47.7 Å². The molecule has 3 aromatic heterocycles. The highest BCUT2D eigenvalue weighted by atomic mass is 35.5. The topological polar surface area (TPSA) is 84.7 Å². The highest BCUT2D eigenvalue weighted by molar-refractivity contribution is 6.31. The summed E-state index contributed by atoms with van der Waals surface area (Å²) >= 11 is 6.09. The van der Waals surface area contributed by atoms with E-state index in [1.807, 2.05) is 0 Å². The standard InChI is InChI=1S/C25H22ClF3N6O/c26-15-1-6-20-19(11-15)21(13-23(34-20)25(27,28)29)32-16-2-4-17(5-3-16)33-24(36)22-12-18(7-8-31-22)35-10-9-30-14-35/h1,6-14,16-17H,2-5H2,(H,32,34)(H,33,36)/t16-,17+. The molecule has 0 atom stereocenters. The molecule has 36 heavy (non-hydrogen) atoms. The Morgan fingerprint density at radius 1 is 1.03 bits per heavy atom. The summed E-state index contributed by atoms with van der Waals surface area (Å²) in [7, 11) is 0. The van der Waals surface area contributed by atoms with Gasteiger partial charge in [-0.2, -0.15) is 13.2 Å². The Balaban J connectivity index is 1.24. The highest BCUT2D eigenvalue weighted by Gasteiger charge is 2.34. The van der Waals surface area contributed by atoms with Crippen molar-refractivity contribution in [3.05, 3.63) is 77.7 Å². The number of amides is 1. The molecule has 0 aliphatic heterocycles. The lowest BCUT2D eigenvalue weighted by molar-refractivity contribution is -0.140. The third-order valence-corrected chi connectivity index (χ3v) is 6.50. The largest absolute Gasteiger partial charge is 0.433 e. The van der Waals surface area contributed by atoms with Crippen molar-refractivity contribution in [2.45, 2.75) is 43.9 Å². The van der Waals surface area contributed by atoms with Crippen LogP contribution in [0.2, 0.25) is 5.02 Å². The van der Waals surface area contributed by atoms with Crippen LogP contribution in [0.15, 0.2) is 61.3 Å². The third-order valence-electron chi connectivity index (χ3n) is 6.26. The van der Waals surface area contributed by atoms with E-state index in [9.17, 15) is 18.0 Å². The molecule has 1 fully saturated rings. The molecular weight excluding hydrogens is 493 g/mol. The van der Waals surface area contributed by atoms with Crippen LogP contribution in [-0.2, 0) is 6.18 Å². The number of carbonyl (C=O) groups excluding carboxylic acids is 1. The zero-order valence-electron chi connectivity index (χ0n) is 19.0. The average molecular weight is 515 g/mol. The van der Waals surface area contributed by atoms with Gasteiger partial charge in [0.15, 0.2) is 0 Å². The summed E-state index contributed by atoms with van der Waals surface area (Å²) in [5, 5.41) is 7.25. The van der Waals surface area contributed by atoms with E-state index in [1.165, 1.54) is 12.1 Å². The van der Waals surface area contributed by atoms with Gasteiger partial charge in [0.25, 0.3) is 5.91 Å². The number of nitrogens with one attached hydrogen (secondary N) is 2. The first-order chi connectivity index (χ1) is 17.3. The van der Waals surface area contributed by atoms with Gasteiger partial charge in [-0.25, -0.2) is 9.97 Å². The fraction of sp³-hybridized carbons (Fsp3) is 0.280. The molecule has 1 amide bonds. The fourth-order valence-electron chi connectivity index (χ4n) is 4.44. The summed E-state index contributed by atoms with van der Waals surface area (Å²) in [6.07, 6.45) is 4.81. The molecule has 1 saturated carbocycles. The van der Waals surface area contributed by atoms with Crippen molar-refractivity contribution in [2.24, 2.45) is 0 Å². The minimum Gasteiger partial charge on any atom is -0.382 e. The maximum absolute atomic E-state index is 13.4. The number of imidazole rings is 1. The Labute approximate surface area is 209 Å². The molecule has 3 heterocycles. The van der Waals surface area contributed by atoms with Crippen molar-refractivity contribution in [1.29, 1.82) is 0 Å². The van der Waals surface area contributed by atoms with Crippen molar-refractivity contribution in [2.75, 3.05) is 5.32 Å². The van der Waals surface area contributed by atoms with Crippen LogP contribution >= 0.6 is 11.6 Å². The van der Waals surface area contributed by atoms with Crippen molar-refractivity contribution in [1.82, 2.24) is 24.8 Å². The van der Waals surface area contributed by atoms with Gasteiger partial charge in [-0.15, -0.1) is 0 Å². The summed E-state index contributed by atoms with van der Waals surface area (Å²) in [4.78, 5) is 24.7. The maximum Gasteiger partial charge on any atom is 0.433 e. The smallest absolute Gasteiger partial charge is 0.382 e. The molecule has 2 N–H and O–H groups in total. The Morgan fingerprint density at radius 3 is 2.53 bits per heavy atom. The number of rotatable bonds is 5. The molecule has 7 nitrogen and oxygen atoms in total. The number of fused-ring (bicyclic) bond motifs is 1. The number of nitrogens with zero attached hydrogens (tertiary/aromatic N) is 4. The Bertz CT molecular complexity index is 1380. The van der Waals surface area contributed by atoms with Gasteiger partial charge in [0.2, 0.25) is 0 Å². The minimum absolute atomic E-state index is 0.0495. The van der Waals surface area contributed by atoms with Crippen LogP contribution in [0, 0.1) is 0 Å². The number of alkyl halides is 3. The first-order valence-electron chi connectivity index (χ1n) is 11.5. The molecule has 0 unspecified atom stereocenters. The first-order valence-corrected chi connectivity index (χ1v) is 11.8. The van der Waals surface area contributed by atoms with Crippen LogP contribution in [0.5, 0.6) is 0 Å². The molecule has 11 heteroatoms. The lowest BCUT2D eigenvalue weighted by Gasteiger charge is -2.30. The summed E-state index contributed by atoms with van der Waals surface area (Å²) < 4.78 is 42.0. The van der Waals surface area contributed by atoms with Crippen LogP contribution in [0.3, 0.4) is 0 Å². The van der Waals surface area contributed by atoms with Gasteiger partial charge in [0.05, 0.1) is 17.5 Å². The molecule has 4 aromatic rings. The molecule has 0 bridgehead atoms. The second-order valence-electron chi connectivity index (χ2n) is 8.75. The maximum atomic E-state index is 13.4. The Morgan fingerprint density at radius 2 is 1.81 bits per heavy atom. The van der Waals surface area contributed by atoms with E-state index >= 15 is 0 Å². The van der Waals surface area contributed by atoms with Gasteiger partial charge in [-0.1, -0.05) is 11.6 Å². The number of benzene rings is 1. The van der Waals surface area contributed by atoms with Gasteiger partial charge in [0.1, 0.15) is 11.4 Å². The Kier molecular flexibility index (Phi) is 6.53. The zero-order chi connectivity index (χ0) is 25.3. The van der Waals surface area contributed by atoms with E-state index in [0.29, 0.717) is 47.5 Å². The summed E-state index contributed by atoms with van der Waals surface area (Å²) in [5.41, 5.74) is 0.710. The monoisotopic (exact) mass is 514 g/mol. The molecule has 1 aliphatic rings. The number of aromatic nitrogens is 4. The third kappa shape index (κ3) is 5.28. The molecule has 0 spiro atoms. The quantitative estimate of drug-likeness (QED) is 0.360. The lowest BCUT2D eigenvalue weighted by atomic mass is 9.90. The minimum atomic E-state index is -4.56. The molecule has 0 radical (unpaired) electrons. The van der Waals surface area contributed by atoms with Gasteiger partial charge in [0, 0.05) is 46.8 Å². The SMILES string of the molecule is O=C(N[C@H]1CC[C@@H](Nc2cc(C(F)(F)F)nc3ccc(Cl)cc23)CC1)c1cc(-n2ccnc2)ccn1. The fourth-order valence-corrected chi connectivity index (χ4v) is 4.61. The van der Waals surface area contributed by atoms with Crippen LogP contribution in [-0.4, -0.2) is 37.5 Å². The van der Waals surface area contributed by atoms with Gasteiger partial charge < -0.3 is 15.2 Å². The summed E-state index contributed by atoms with van der Waals surface area (Å²) in [5.74, 6) is -0.266.